The Morgan fingerprint density at radius 3 is 2.31 bits per heavy atom. The van der Waals surface area contributed by atoms with Crippen molar-refractivity contribution in [2.45, 2.75) is 89.8 Å². The molecule has 0 aliphatic heterocycles. The van der Waals surface area contributed by atoms with E-state index in [1.54, 1.807) is 0 Å². The van der Waals surface area contributed by atoms with Gasteiger partial charge in [0.1, 0.15) is 11.5 Å². The number of hydrogen-bond donors (Lipinski definition) is 2. The molecule has 8 nitrogen and oxygen atoms in total. The largest absolute Gasteiger partial charge is 0.493 e. The lowest BCUT2D eigenvalue weighted by Gasteiger charge is -2.45. The molecule has 2 saturated carbocycles. The zero-order valence-corrected chi connectivity index (χ0v) is 24.9. The average Bonchev–Trinajstić information content (AvgIpc) is 3.77. The van der Waals surface area contributed by atoms with Crippen molar-refractivity contribution in [3.05, 3.63) is 58.7 Å². The molecule has 0 heterocycles. The molecule has 0 spiro atoms. The van der Waals surface area contributed by atoms with Crippen LogP contribution in [0.2, 0.25) is 0 Å². The molecule has 2 N–H and O–H groups in total. The second-order valence-corrected chi connectivity index (χ2v) is 11.1. The Labute approximate surface area is 246 Å². The van der Waals surface area contributed by atoms with E-state index in [2.05, 4.69) is 5.32 Å². The third-order valence-corrected chi connectivity index (χ3v) is 7.99. The first-order valence-corrected chi connectivity index (χ1v) is 14.8. The Morgan fingerprint density at radius 2 is 1.76 bits per heavy atom. The quantitative estimate of drug-likeness (QED) is 0.232. The Kier molecular flexibility index (Phi) is 9.97. The number of hydrogen-bond acceptors (Lipinski definition) is 5. The van der Waals surface area contributed by atoms with Crippen LogP contribution in [-0.4, -0.2) is 59.8 Å². The molecule has 2 amide bonds. The minimum absolute atomic E-state index is 0.105. The molecule has 10 heteroatoms. The number of aliphatic carboxylic acids is 1. The zero-order valence-electron chi connectivity index (χ0n) is 24.9. The van der Waals surface area contributed by atoms with Gasteiger partial charge in [0.15, 0.2) is 5.54 Å². The van der Waals surface area contributed by atoms with Gasteiger partial charge in [-0.15, -0.1) is 0 Å². The number of carbonyl (C=O) groups is 2. The van der Waals surface area contributed by atoms with Gasteiger partial charge < -0.3 is 29.5 Å². The molecular formula is C32H42F2N2O6. The molecule has 230 valence electrons. The second-order valence-electron chi connectivity index (χ2n) is 11.1. The number of carboxylic acid groups (broad SMARTS) is 1. The van der Waals surface area contributed by atoms with Gasteiger partial charge in [-0.25, -0.2) is 18.4 Å². The molecule has 42 heavy (non-hydrogen) atoms. The van der Waals surface area contributed by atoms with Crippen LogP contribution in [-0.2, 0) is 22.6 Å². The van der Waals surface area contributed by atoms with E-state index in [4.69, 9.17) is 14.2 Å². The van der Waals surface area contributed by atoms with Gasteiger partial charge in [-0.3, -0.25) is 0 Å². The summed E-state index contributed by atoms with van der Waals surface area (Å²) in [6, 6.07) is 10.2. The molecule has 1 unspecified atom stereocenters. The van der Waals surface area contributed by atoms with Crippen LogP contribution in [0.5, 0.6) is 11.5 Å². The Balaban J connectivity index is 1.67. The number of benzene rings is 2. The van der Waals surface area contributed by atoms with Crippen LogP contribution >= 0.6 is 0 Å². The number of amides is 2. The van der Waals surface area contributed by atoms with Gasteiger partial charge >= 0.3 is 12.0 Å². The first kappa shape index (κ1) is 31.5. The van der Waals surface area contributed by atoms with Gasteiger partial charge in [-0.05, 0) is 68.7 Å². The predicted octanol–water partition coefficient (Wildman–Crippen LogP) is 6.47. The molecular weight excluding hydrogens is 546 g/mol. The lowest BCUT2D eigenvalue weighted by atomic mass is 9.73. The van der Waals surface area contributed by atoms with E-state index >= 15 is 0 Å². The molecule has 2 aromatic rings. The first-order chi connectivity index (χ1) is 20.1. The van der Waals surface area contributed by atoms with E-state index in [1.165, 1.54) is 4.90 Å². The molecule has 0 bridgehead atoms. The predicted molar refractivity (Wildman–Crippen MR) is 154 cm³/mol. The summed E-state index contributed by atoms with van der Waals surface area (Å²) in [5.41, 5.74) is 1.74. The van der Waals surface area contributed by atoms with E-state index in [9.17, 15) is 23.5 Å². The Bertz CT molecular complexity index is 1240. The van der Waals surface area contributed by atoms with Crippen molar-refractivity contribution in [1.29, 1.82) is 0 Å². The number of carboxylic acids is 1. The Hall–Kier alpha value is -3.40. The van der Waals surface area contributed by atoms with Crippen molar-refractivity contribution in [3.63, 3.8) is 0 Å². The number of nitrogens with zero attached hydrogens (tertiary/aromatic N) is 1. The zero-order chi connectivity index (χ0) is 30.5. The highest BCUT2D eigenvalue weighted by Crippen LogP contribution is 2.52. The van der Waals surface area contributed by atoms with E-state index in [1.807, 2.05) is 64.1 Å². The molecule has 0 radical (unpaired) electrons. The summed E-state index contributed by atoms with van der Waals surface area (Å²) in [4.78, 5) is 27.2. The Morgan fingerprint density at radius 1 is 1.10 bits per heavy atom. The highest BCUT2D eigenvalue weighted by Gasteiger charge is 2.62. The lowest BCUT2D eigenvalue weighted by Crippen LogP contribution is -2.68. The molecule has 4 rings (SSSR count). The van der Waals surface area contributed by atoms with E-state index in [0.29, 0.717) is 37.9 Å². The molecule has 2 aliphatic carbocycles. The van der Waals surface area contributed by atoms with Gasteiger partial charge in [0.2, 0.25) is 0 Å². The van der Waals surface area contributed by atoms with Crippen LogP contribution in [0.15, 0.2) is 36.4 Å². The standard InChI is InChI=1S/C32H42F2N2O6/c1-5-24-25(17-26(41-6-2)27(23-13-14-23)28(24)42-7-3)21(4)36(15-16-40-18-22-11-9-8-10-12-22)30(39)35-31(29(37)38)19-32(33,34)20-31/h8-12,17,21,23H,5-7,13-16,18-20H2,1-4H3,(H,35,39)(H,37,38). The average molecular weight is 589 g/mol. The first-order valence-electron chi connectivity index (χ1n) is 14.8. The monoisotopic (exact) mass is 588 g/mol. The number of alkyl halides is 2. The maximum absolute atomic E-state index is 13.8. The summed E-state index contributed by atoms with van der Waals surface area (Å²) in [6.45, 7) is 9.21. The second kappa shape index (κ2) is 13.3. The fraction of sp³-hybridized carbons (Fsp3) is 0.562. The number of nitrogens with one attached hydrogen (secondary N) is 1. The summed E-state index contributed by atoms with van der Waals surface area (Å²) in [5.74, 6) is -2.78. The topological polar surface area (TPSA) is 97.3 Å². The lowest BCUT2D eigenvalue weighted by molar-refractivity contribution is -0.175. The number of halogens is 2. The summed E-state index contributed by atoms with van der Waals surface area (Å²) >= 11 is 0. The number of carbonyl (C=O) groups excluding carboxylic acids is 1. The van der Waals surface area contributed by atoms with Crippen LogP contribution in [0.4, 0.5) is 13.6 Å². The minimum atomic E-state index is -3.15. The van der Waals surface area contributed by atoms with Gasteiger partial charge in [-0.2, -0.15) is 0 Å². The van der Waals surface area contributed by atoms with Crippen molar-refractivity contribution in [2.24, 2.45) is 0 Å². The van der Waals surface area contributed by atoms with Crippen molar-refractivity contribution >= 4 is 12.0 Å². The van der Waals surface area contributed by atoms with Crippen LogP contribution < -0.4 is 14.8 Å². The fourth-order valence-corrected chi connectivity index (χ4v) is 5.76. The molecule has 0 saturated heterocycles. The molecule has 2 fully saturated rings. The third kappa shape index (κ3) is 6.97. The van der Waals surface area contributed by atoms with Crippen LogP contribution in [0.3, 0.4) is 0 Å². The molecule has 2 aliphatic rings. The summed E-state index contributed by atoms with van der Waals surface area (Å²) < 4.78 is 45.8. The number of ether oxygens (including phenoxy) is 3. The van der Waals surface area contributed by atoms with E-state index < -0.39 is 42.3 Å². The third-order valence-electron chi connectivity index (χ3n) is 7.99. The molecule has 0 aromatic heterocycles. The molecule has 2 aromatic carbocycles. The maximum atomic E-state index is 13.8. The van der Waals surface area contributed by atoms with E-state index in [-0.39, 0.29) is 13.2 Å². The van der Waals surface area contributed by atoms with Crippen molar-refractivity contribution in [3.8, 4) is 11.5 Å². The van der Waals surface area contributed by atoms with Gasteiger partial charge in [0.25, 0.3) is 5.92 Å². The summed E-state index contributed by atoms with van der Waals surface area (Å²) in [7, 11) is 0. The van der Waals surface area contributed by atoms with Crippen molar-refractivity contribution < 1.29 is 37.7 Å². The SMILES string of the molecule is CCOc1cc(C(C)N(CCOCc2ccccc2)C(=O)NC2(C(=O)O)CC(F)(F)C2)c(CC)c(OCC)c1C1CC1. The van der Waals surface area contributed by atoms with Crippen LogP contribution in [0, 0.1) is 0 Å². The highest BCUT2D eigenvalue weighted by atomic mass is 19.3. The van der Waals surface area contributed by atoms with Crippen molar-refractivity contribution in [2.75, 3.05) is 26.4 Å². The van der Waals surface area contributed by atoms with Crippen molar-refractivity contribution in [1.82, 2.24) is 10.2 Å². The number of rotatable bonds is 15. The normalized spacial score (nSPS) is 17.6. The molecule has 1 atom stereocenters. The van der Waals surface area contributed by atoms with E-state index in [0.717, 1.165) is 40.8 Å². The summed E-state index contributed by atoms with van der Waals surface area (Å²) in [6.07, 6.45) is 0.827. The maximum Gasteiger partial charge on any atom is 0.329 e. The number of urea groups is 1. The smallest absolute Gasteiger partial charge is 0.329 e. The van der Waals surface area contributed by atoms with Crippen LogP contribution in [0.1, 0.15) is 87.6 Å². The van der Waals surface area contributed by atoms with Gasteiger partial charge in [-0.1, -0.05) is 37.3 Å². The summed E-state index contributed by atoms with van der Waals surface area (Å²) in [5, 5.41) is 12.2. The van der Waals surface area contributed by atoms with Crippen LogP contribution in [0.25, 0.3) is 0 Å². The highest BCUT2D eigenvalue weighted by molar-refractivity contribution is 5.88. The minimum Gasteiger partial charge on any atom is -0.493 e. The fourth-order valence-electron chi connectivity index (χ4n) is 5.76. The van der Waals surface area contributed by atoms with Gasteiger partial charge in [0, 0.05) is 24.9 Å². The van der Waals surface area contributed by atoms with Gasteiger partial charge in [0.05, 0.1) is 32.5 Å².